The van der Waals surface area contributed by atoms with Gasteiger partial charge < -0.3 is 10.2 Å². The summed E-state index contributed by atoms with van der Waals surface area (Å²) >= 11 is 3.14. The molecule has 0 fully saturated rings. The van der Waals surface area contributed by atoms with Crippen molar-refractivity contribution < 1.29 is 24.6 Å². The van der Waals surface area contributed by atoms with Gasteiger partial charge in [-0.3, -0.25) is 19.2 Å². The molecule has 1 aromatic heterocycles. The molecule has 1 aromatic carbocycles. The summed E-state index contributed by atoms with van der Waals surface area (Å²) in [6.07, 6.45) is 9.83. The number of ketones is 1. The molecule has 6 nitrogen and oxygen atoms in total. The van der Waals surface area contributed by atoms with E-state index in [0.29, 0.717) is 25.7 Å². The topological polar surface area (TPSA) is 109 Å². The highest BCUT2D eigenvalue weighted by Gasteiger charge is 2.27. The number of carboxylic acids is 2. The van der Waals surface area contributed by atoms with Crippen LogP contribution in [0.3, 0.4) is 0 Å². The maximum absolute atomic E-state index is 12.7. The van der Waals surface area contributed by atoms with E-state index in [4.69, 9.17) is 0 Å². The number of hydrogen-bond donors (Lipinski definition) is 2. The van der Waals surface area contributed by atoms with E-state index >= 15 is 0 Å². The molecule has 0 aliphatic carbocycles. The molecule has 0 radical (unpaired) electrons. The van der Waals surface area contributed by atoms with Crippen molar-refractivity contribution in [1.29, 1.82) is 0 Å². The van der Waals surface area contributed by atoms with Crippen molar-refractivity contribution in [2.24, 2.45) is 10.8 Å². The van der Waals surface area contributed by atoms with Crippen LogP contribution in [0, 0.1) is 10.8 Å². The maximum Gasteiger partial charge on any atom is 0.309 e. The quantitative estimate of drug-likeness (QED) is 0.201. The van der Waals surface area contributed by atoms with E-state index in [1.807, 2.05) is 44.2 Å². The average Bonchev–Trinajstić information content (AvgIpc) is 3.15. The van der Waals surface area contributed by atoms with Crippen molar-refractivity contribution in [1.82, 2.24) is 0 Å². The molecular weight excluding hydrogens is 581 g/mol. The molecule has 0 unspecified atom stereocenters. The molecule has 3 rings (SSSR count). The number of carbonyl (C=O) groups is 3. The summed E-state index contributed by atoms with van der Waals surface area (Å²) in [6.45, 7) is 11.0. The summed E-state index contributed by atoms with van der Waals surface area (Å²) in [5.74, 6) is -1.57. The van der Waals surface area contributed by atoms with E-state index in [-0.39, 0.29) is 11.2 Å². The highest BCUT2D eigenvalue weighted by molar-refractivity contribution is 8.11. The van der Waals surface area contributed by atoms with E-state index in [0.717, 1.165) is 62.8 Å². The fraction of sp³-hybridized carbons (Fsp3) is 0.486. The molecule has 2 aromatic rings. The Balaban J connectivity index is 0.00000316. The van der Waals surface area contributed by atoms with E-state index in [2.05, 4.69) is 0 Å². The molecule has 2 heterocycles. The van der Waals surface area contributed by atoms with Crippen LogP contribution < -0.4 is 5.43 Å². The van der Waals surface area contributed by atoms with Crippen LogP contribution in [0.25, 0.3) is 15.3 Å². The van der Waals surface area contributed by atoms with E-state index in [9.17, 15) is 29.4 Å². The van der Waals surface area contributed by atoms with Crippen molar-refractivity contribution in [3.05, 3.63) is 74.1 Å². The number of allylic oxidation sites excluding steroid dienone is 3. The number of aliphatic carboxylic acids is 2. The molecule has 0 saturated heterocycles. The Kier molecular flexibility index (Phi) is 14.1. The summed E-state index contributed by atoms with van der Waals surface area (Å²) in [5.41, 5.74) is 0.215. The number of thioether (sulfide) groups is 1. The largest absolute Gasteiger partial charge is 0.481 e. The zero-order chi connectivity index (χ0) is 32.2. The van der Waals surface area contributed by atoms with E-state index in [1.165, 1.54) is 0 Å². The molecule has 234 valence electrons. The van der Waals surface area contributed by atoms with Crippen LogP contribution in [-0.4, -0.2) is 27.9 Å². The zero-order valence-electron chi connectivity index (χ0n) is 26.3. The molecule has 0 spiro atoms. The third-order valence-electron chi connectivity index (χ3n) is 7.45. The van der Waals surface area contributed by atoms with Crippen LogP contribution in [0.4, 0.5) is 0 Å². The van der Waals surface area contributed by atoms with Crippen molar-refractivity contribution in [3.63, 3.8) is 0 Å². The number of carbonyl (C=O) groups excluding carboxylic acids is 1. The van der Waals surface area contributed by atoms with Gasteiger partial charge in [0.05, 0.1) is 10.8 Å². The maximum atomic E-state index is 12.7. The zero-order valence-corrected chi connectivity index (χ0v) is 28.0. The minimum Gasteiger partial charge on any atom is -0.481 e. The first kappa shape index (κ1) is 36.2. The van der Waals surface area contributed by atoms with Crippen molar-refractivity contribution in [2.45, 2.75) is 99.3 Å². The van der Waals surface area contributed by atoms with Gasteiger partial charge in [0.15, 0.2) is 11.2 Å². The number of benzene rings is 1. The Morgan fingerprint density at radius 3 is 1.95 bits per heavy atom. The van der Waals surface area contributed by atoms with Crippen molar-refractivity contribution in [3.8, 4) is 10.4 Å². The minimum atomic E-state index is -0.801. The Morgan fingerprint density at radius 1 is 0.814 bits per heavy atom. The first-order valence-corrected chi connectivity index (χ1v) is 16.7. The predicted molar refractivity (Wildman–Crippen MR) is 180 cm³/mol. The molecule has 1 aliphatic heterocycles. The van der Waals surface area contributed by atoms with Gasteiger partial charge in [0, 0.05) is 32.7 Å². The number of aryl methyl sites for hydroxylation is 1. The van der Waals surface area contributed by atoms with Gasteiger partial charge >= 0.3 is 11.9 Å². The summed E-state index contributed by atoms with van der Waals surface area (Å²) < 4.78 is 0. The molecule has 0 atom stereocenters. The second-order valence-electron chi connectivity index (χ2n) is 11.9. The summed E-state index contributed by atoms with van der Waals surface area (Å²) in [5, 5.41) is 18.7. The van der Waals surface area contributed by atoms with Gasteiger partial charge in [0.25, 0.3) is 0 Å². The first-order chi connectivity index (χ1) is 20.3. The van der Waals surface area contributed by atoms with Gasteiger partial charge in [-0.05, 0) is 88.8 Å². The van der Waals surface area contributed by atoms with Gasteiger partial charge in [-0.25, -0.2) is 0 Å². The Hall–Kier alpha value is -2.97. The number of hydrogen-bond acceptors (Lipinski definition) is 6. The molecular formula is C35H46O6S2. The standard InChI is InChI=1S/C33H40O6S2.C2H6/c1-32(2,30(36)37)17-9-7-11-24-16-15-22(34)20-28(40-24)26-13-5-6-14-27(26)29-21-23(35)19-25(41-29)12-8-10-18-33(3,4)31(38)39;1-2/h5-6,13-14,16,19-21H,7-12,15,17-18H2,1-4H3,(H,36,37)(H,38,39);1-2H3. The molecule has 0 bridgehead atoms. The van der Waals surface area contributed by atoms with Crippen LogP contribution in [0.15, 0.2) is 58.2 Å². The van der Waals surface area contributed by atoms with Crippen LogP contribution in [0.5, 0.6) is 0 Å². The van der Waals surface area contributed by atoms with Gasteiger partial charge in [0.1, 0.15) is 0 Å². The minimum absolute atomic E-state index is 0.0236. The highest BCUT2D eigenvalue weighted by Crippen LogP contribution is 2.43. The van der Waals surface area contributed by atoms with Gasteiger partial charge in [-0.15, -0.1) is 11.3 Å². The molecule has 0 amide bonds. The second kappa shape index (κ2) is 16.8. The Morgan fingerprint density at radius 2 is 1.37 bits per heavy atom. The number of carboxylic acid groups (broad SMARTS) is 2. The van der Waals surface area contributed by atoms with Crippen LogP contribution in [0.1, 0.15) is 103 Å². The third kappa shape index (κ3) is 11.2. The normalized spacial score (nSPS) is 13.8. The van der Waals surface area contributed by atoms with Crippen LogP contribution >= 0.6 is 23.1 Å². The second-order valence-corrected chi connectivity index (χ2v) is 14.2. The first-order valence-electron chi connectivity index (χ1n) is 15.1. The lowest BCUT2D eigenvalue weighted by atomic mass is 9.87. The van der Waals surface area contributed by atoms with Crippen LogP contribution in [-0.2, 0) is 20.8 Å². The van der Waals surface area contributed by atoms with Gasteiger partial charge in [0.2, 0.25) is 0 Å². The molecule has 1 aliphatic rings. The predicted octanol–water partition coefficient (Wildman–Crippen LogP) is 9.23. The lowest BCUT2D eigenvalue weighted by Crippen LogP contribution is -2.23. The molecule has 8 heteroatoms. The summed E-state index contributed by atoms with van der Waals surface area (Å²) in [4.78, 5) is 51.9. The number of rotatable bonds is 14. The fourth-order valence-corrected chi connectivity index (χ4v) is 6.90. The SMILES string of the molecule is CC.CC(C)(CCCCC1=CCC(=O)C=C(c2ccccc2-c2cc(=O)cc(CCCCC(C)(C)C(=O)O)s2)S1)C(=O)O. The third-order valence-corrected chi connectivity index (χ3v) is 9.78. The van der Waals surface area contributed by atoms with Gasteiger partial charge in [-0.2, -0.15) is 0 Å². The van der Waals surface area contributed by atoms with Crippen molar-refractivity contribution >= 4 is 45.7 Å². The van der Waals surface area contributed by atoms with E-state index in [1.54, 1.807) is 69.0 Å². The van der Waals surface area contributed by atoms with Crippen LogP contribution in [0.2, 0.25) is 0 Å². The monoisotopic (exact) mass is 626 g/mol. The highest BCUT2D eigenvalue weighted by atomic mass is 32.2. The molecule has 2 N–H and O–H groups in total. The summed E-state index contributed by atoms with van der Waals surface area (Å²) in [7, 11) is 0. The average molecular weight is 627 g/mol. The lowest BCUT2D eigenvalue weighted by molar-refractivity contribution is -0.148. The Labute approximate surface area is 264 Å². The molecule has 0 saturated carbocycles. The van der Waals surface area contributed by atoms with Gasteiger partial charge in [-0.1, -0.05) is 68.8 Å². The Bertz CT molecular complexity index is 1400. The molecule has 43 heavy (non-hydrogen) atoms. The van der Waals surface area contributed by atoms with E-state index < -0.39 is 22.8 Å². The van der Waals surface area contributed by atoms with Crippen molar-refractivity contribution in [2.75, 3.05) is 0 Å². The number of unbranched alkanes of at least 4 members (excludes halogenated alkanes) is 2. The lowest BCUT2D eigenvalue weighted by Gasteiger charge is -2.19. The fourth-order valence-electron chi connectivity index (χ4n) is 4.56. The summed E-state index contributed by atoms with van der Waals surface area (Å²) in [6, 6.07) is 11.1. The smallest absolute Gasteiger partial charge is 0.309 e.